The Morgan fingerprint density at radius 2 is 2.39 bits per heavy atom. The van der Waals surface area contributed by atoms with Gasteiger partial charge in [0.2, 0.25) is 5.91 Å². The maximum Gasteiger partial charge on any atom is 0.238 e. The van der Waals surface area contributed by atoms with Gasteiger partial charge in [0, 0.05) is 25.2 Å². The molecular formula is C13H21N3O2. The van der Waals surface area contributed by atoms with Crippen LogP contribution in [0, 0.1) is 11.3 Å². The van der Waals surface area contributed by atoms with E-state index in [1.807, 2.05) is 0 Å². The van der Waals surface area contributed by atoms with Gasteiger partial charge in [0.1, 0.15) is 6.04 Å². The van der Waals surface area contributed by atoms with Crippen LogP contribution in [0.15, 0.2) is 0 Å². The first-order valence-electron chi connectivity index (χ1n) is 6.57. The minimum absolute atomic E-state index is 0.0335. The molecule has 18 heavy (non-hydrogen) atoms. The number of carbonyl (C=O) groups excluding carboxylic acids is 1. The number of hydrogen-bond acceptors (Lipinski definition) is 4. The first-order chi connectivity index (χ1) is 8.54. The van der Waals surface area contributed by atoms with Crippen molar-refractivity contribution in [1.82, 2.24) is 10.2 Å². The summed E-state index contributed by atoms with van der Waals surface area (Å²) in [4.78, 5) is 14.1. The van der Waals surface area contributed by atoms with Gasteiger partial charge in [0.25, 0.3) is 0 Å². The van der Waals surface area contributed by atoms with Crippen LogP contribution in [0.1, 0.15) is 33.1 Å². The molecule has 5 heteroatoms. The smallest absolute Gasteiger partial charge is 0.238 e. The van der Waals surface area contributed by atoms with Crippen LogP contribution in [0.5, 0.6) is 0 Å². The van der Waals surface area contributed by atoms with Gasteiger partial charge in [0.05, 0.1) is 18.6 Å². The molecule has 0 aromatic carbocycles. The van der Waals surface area contributed by atoms with Gasteiger partial charge in [-0.15, -0.1) is 0 Å². The summed E-state index contributed by atoms with van der Waals surface area (Å²) in [5.41, 5.74) is -0.124. The maximum absolute atomic E-state index is 11.9. The molecule has 1 N–H and O–H groups in total. The van der Waals surface area contributed by atoms with Crippen molar-refractivity contribution in [2.75, 3.05) is 19.7 Å². The van der Waals surface area contributed by atoms with Gasteiger partial charge in [-0.2, -0.15) is 5.26 Å². The number of piperazine rings is 1. The lowest BCUT2D eigenvalue weighted by Crippen LogP contribution is -2.66. The number of nitrogens with zero attached hydrogens (tertiary/aromatic N) is 2. The average Bonchev–Trinajstić information content (AvgIpc) is 2.82. The van der Waals surface area contributed by atoms with Crippen molar-refractivity contribution in [3.8, 4) is 6.07 Å². The van der Waals surface area contributed by atoms with Crippen LogP contribution in [0.2, 0.25) is 0 Å². The van der Waals surface area contributed by atoms with E-state index in [0.29, 0.717) is 6.54 Å². The lowest BCUT2D eigenvalue weighted by Gasteiger charge is -2.47. The van der Waals surface area contributed by atoms with Crippen molar-refractivity contribution in [2.24, 2.45) is 0 Å². The summed E-state index contributed by atoms with van der Waals surface area (Å²) in [5.74, 6) is -0.0335. The summed E-state index contributed by atoms with van der Waals surface area (Å²) >= 11 is 0. The van der Waals surface area contributed by atoms with Gasteiger partial charge in [0.15, 0.2) is 0 Å². The van der Waals surface area contributed by atoms with Crippen molar-refractivity contribution in [3.05, 3.63) is 0 Å². The van der Waals surface area contributed by atoms with E-state index in [0.717, 1.165) is 26.0 Å². The molecule has 5 nitrogen and oxygen atoms in total. The molecule has 0 saturated carbocycles. The molecule has 0 aliphatic carbocycles. The predicted molar refractivity (Wildman–Crippen MR) is 66.8 cm³/mol. The summed E-state index contributed by atoms with van der Waals surface area (Å²) in [5, 5.41) is 11.8. The van der Waals surface area contributed by atoms with Gasteiger partial charge in [-0.05, 0) is 26.7 Å². The van der Waals surface area contributed by atoms with Gasteiger partial charge in [-0.3, -0.25) is 9.69 Å². The highest BCUT2D eigenvalue weighted by Crippen LogP contribution is 2.26. The number of amides is 1. The van der Waals surface area contributed by atoms with Crippen LogP contribution in [-0.4, -0.2) is 48.2 Å². The third-order valence-corrected chi connectivity index (χ3v) is 3.86. The molecule has 2 saturated heterocycles. The van der Waals surface area contributed by atoms with Crippen molar-refractivity contribution < 1.29 is 9.53 Å². The standard InChI is InChI=1S/C13H21N3O2/c1-13(2)9-15-12(17)11(5-6-14)16(13)8-10-4-3-7-18-10/h10-11H,3-5,7-9H2,1-2H3,(H,15,17). The molecule has 0 spiro atoms. The average molecular weight is 251 g/mol. The van der Waals surface area contributed by atoms with E-state index in [1.54, 1.807) is 0 Å². The van der Waals surface area contributed by atoms with E-state index in [4.69, 9.17) is 10.00 Å². The van der Waals surface area contributed by atoms with Crippen LogP contribution in [-0.2, 0) is 9.53 Å². The molecule has 0 aromatic heterocycles. The molecule has 2 heterocycles. The Morgan fingerprint density at radius 3 is 3.00 bits per heavy atom. The zero-order valence-electron chi connectivity index (χ0n) is 11.1. The van der Waals surface area contributed by atoms with Gasteiger partial charge in [-0.25, -0.2) is 0 Å². The fourth-order valence-electron chi connectivity index (χ4n) is 2.76. The zero-order chi connectivity index (χ0) is 13.2. The summed E-state index contributed by atoms with van der Waals surface area (Å²) in [6, 6.07) is 1.77. The SMILES string of the molecule is CC1(C)CNC(=O)C(CC#N)N1CC1CCCO1. The quantitative estimate of drug-likeness (QED) is 0.800. The number of rotatable bonds is 3. The van der Waals surface area contributed by atoms with Crippen LogP contribution >= 0.6 is 0 Å². The molecule has 2 aliphatic rings. The Hall–Kier alpha value is -1.12. The fraction of sp³-hybridized carbons (Fsp3) is 0.846. The highest BCUT2D eigenvalue weighted by atomic mass is 16.5. The number of nitriles is 1. The zero-order valence-corrected chi connectivity index (χ0v) is 11.1. The molecule has 2 atom stereocenters. The summed E-state index contributed by atoms with van der Waals surface area (Å²) < 4.78 is 5.65. The Bertz CT molecular complexity index is 356. The second-order valence-electron chi connectivity index (χ2n) is 5.70. The number of nitrogens with one attached hydrogen (secondary N) is 1. The fourth-order valence-corrected chi connectivity index (χ4v) is 2.76. The first-order valence-corrected chi connectivity index (χ1v) is 6.57. The number of hydrogen-bond donors (Lipinski definition) is 1. The second-order valence-corrected chi connectivity index (χ2v) is 5.70. The third-order valence-electron chi connectivity index (χ3n) is 3.86. The highest BCUT2D eigenvalue weighted by molar-refractivity contribution is 5.83. The van der Waals surface area contributed by atoms with Gasteiger partial charge < -0.3 is 10.1 Å². The minimum atomic E-state index is -0.344. The largest absolute Gasteiger partial charge is 0.377 e. The molecule has 0 radical (unpaired) electrons. The van der Waals surface area contributed by atoms with E-state index >= 15 is 0 Å². The van der Waals surface area contributed by atoms with Crippen LogP contribution < -0.4 is 5.32 Å². The van der Waals surface area contributed by atoms with Crippen molar-refractivity contribution in [2.45, 2.75) is 50.8 Å². The molecule has 0 aromatic rings. The Morgan fingerprint density at radius 1 is 1.61 bits per heavy atom. The van der Waals surface area contributed by atoms with E-state index < -0.39 is 0 Å². The topological polar surface area (TPSA) is 65.4 Å². The van der Waals surface area contributed by atoms with Crippen LogP contribution in [0.3, 0.4) is 0 Å². The minimum Gasteiger partial charge on any atom is -0.377 e. The third kappa shape index (κ3) is 2.65. The monoisotopic (exact) mass is 251 g/mol. The normalized spacial score (nSPS) is 31.9. The van der Waals surface area contributed by atoms with Crippen LogP contribution in [0.25, 0.3) is 0 Å². The van der Waals surface area contributed by atoms with Crippen LogP contribution in [0.4, 0.5) is 0 Å². The highest BCUT2D eigenvalue weighted by Gasteiger charge is 2.42. The maximum atomic E-state index is 11.9. The Balaban J connectivity index is 2.12. The van der Waals surface area contributed by atoms with Gasteiger partial charge in [-0.1, -0.05) is 0 Å². The van der Waals surface area contributed by atoms with E-state index in [-0.39, 0.29) is 30.0 Å². The molecule has 2 unspecified atom stereocenters. The second kappa shape index (κ2) is 5.25. The van der Waals surface area contributed by atoms with Crippen molar-refractivity contribution in [1.29, 1.82) is 5.26 Å². The molecular weight excluding hydrogens is 230 g/mol. The Labute approximate surface area is 108 Å². The lowest BCUT2D eigenvalue weighted by atomic mass is 9.93. The number of ether oxygens (including phenoxy) is 1. The summed E-state index contributed by atoms with van der Waals surface area (Å²) in [6.07, 6.45) is 2.58. The summed E-state index contributed by atoms with van der Waals surface area (Å²) in [6.45, 7) is 6.39. The molecule has 2 aliphatic heterocycles. The molecule has 1 amide bonds. The summed E-state index contributed by atoms with van der Waals surface area (Å²) in [7, 11) is 0. The Kier molecular flexibility index (Phi) is 3.88. The molecule has 2 rings (SSSR count). The predicted octanol–water partition coefficient (Wildman–Crippen LogP) is 0.658. The number of carbonyl (C=O) groups is 1. The molecule has 100 valence electrons. The molecule has 0 bridgehead atoms. The van der Waals surface area contributed by atoms with E-state index in [1.165, 1.54) is 0 Å². The first kappa shape index (κ1) is 13.3. The lowest BCUT2D eigenvalue weighted by molar-refractivity contribution is -0.135. The van der Waals surface area contributed by atoms with E-state index in [2.05, 4.69) is 30.1 Å². The van der Waals surface area contributed by atoms with Crippen molar-refractivity contribution >= 4 is 5.91 Å². The van der Waals surface area contributed by atoms with Crippen molar-refractivity contribution in [3.63, 3.8) is 0 Å². The molecule has 2 fully saturated rings. The van der Waals surface area contributed by atoms with E-state index in [9.17, 15) is 4.79 Å². The van der Waals surface area contributed by atoms with Gasteiger partial charge >= 0.3 is 0 Å².